The fourth-order valence-corrected chi connectivity index (χ4v) is 13.0. The van der Waals surface area contributed by atoms with E-state index in [-0.39, 0.29) is 12.5 Å². The van der Waals surface area contributed by atoms with Crippen LogP contribution in [0.5, 0.6) is 0 Å². The summed E-state index contributed by atoms with van der Waals surface area (Å²) in [6.07, 6.45) is 80.7. The molecule has 9 heteroatoms. The smallest absolute Gasteiger partial charge is 0.220 e. The van der Waals surface area contributed by atoms with Crippen LogP contribution in [0, 0.1) is 0 Å². The van der Waals surface area contributed by atoms with Crippen molar-refractivity contribution in [3.63, 3.8) is 0 Å². The Kier molecular flexibility index (Phi) is 64.5. The van der Waals surface area contributed by atoms with Crippen LogP contribution in [0.2, 0.25) is 0 Å². The molecular weight excluding hydrogens is 1070 g/mol. The zero-order valence-corrected chi connectivity index (χ0v) is 57.6. The van der Waals surface area contributed by atoms with Gasteiger partial charge in [0.05, 0.1) is 25.4 Å². The maximum atomic E-state index is 13.2. The van der Waals surface area contributed by atoms with Crippen LogP contribution >= 0.6 is 0 Å². The summed E-state index contributed by atoms with van der Waals surface area (Å²) in [4.78, 5) is 13.2. The van der Waals surface area contributed by atoms with Gasteiger partial charge in [0.2, 0.25) is 5.91 Å². The van der Waals surface area contributed by atoms with Crippen LogP contribution in [0.3, 0.4) is 0 Å². The number of aliphatic hydroxyl groups excluding tert-OH is 5. The predicted molar refractivity (Wildman–Crippen MR) is 369 cm³/mol. The Balaban J connectivity index is 2.07. The molecule has 0 radical (unpaired) electrons. The number of rotatable bonds is 70. The largest absolute Gasteiger partial charge is 0.394 e. The van der Waals surface area contributed by atoms with Crippen LogP contribution in [0.25, 0.3) is 0 Å². The molecule has 0 aliphatic carbocycles. The van der Waals surface area contributed by atoms with Gasteiger partial charge >= 0.3 is 0 Å². The lowest BCUT2D eigenvalue weighted by molar-refractivity contribution is -0.302. The van der Waals surface area contributed by atoms with E-state index in [4.69, 9.17) is 9.47 Å². The first kappa shape index (κ1) is 82.9. The van der Waals surface area contributed by atoms with Crippen molar-refractivity contribution in [2.45, 2.75) is 461 Å². The third-order valence-corrected chi connectivity index (χ3v) is 19.1. The van der Waals surface area contributed by atoms with Gasteiger partial charge in [0.25, 0.3) is 0 Å². The van der Waals surface area contributed by atoms with Gasteiger partial charge in [-0.15, -0.1) is 0 Å². The summed E-state index contributed by atoms with van der Waals surface area (Å²) in [6, 6.07) is -0.803. The number of nitrogens with one attached hydrogen (secondary N) is 1. The van der Waals surface area contributed by atoms with E-state index in [0.717, 1.165) is 38.5 Å². The molecule has 0 aromatic heterocycles. The minimum atomic E-state index is -1.57. The van der Waals surface area contributed by atoms with Crippen LogP contribution in [0.15, 0.2) is 12.2 Å². The SMILES string of the molecule is CCCCCCCCCCCCCCCCCCCCCCCCCCCCC/C=C/C(O)C(COC1OC(CO)C(O)C(O)C1O)NC(=O)CCCCCCCCCCCCCCCCCCCCCCCCCCCCCCCCCCCC. The highest BCUT2D eigenvalue weighted by Crippen LogP contribution is 2.24. The third-order valence-electron chi connectivity index (χ3n) is 19.1. The number of aliphatic hydroxyl groups is 5. The lowest BCUT2D eigenvalue weighted by atomic mass is 9.99. The number of amides is 1. The van der Waals surface area contributed by atoms with E-state index >= 15 is 0 Å². The molecule has 1 aliphatic rings. The Labute approximate surface area is 535 Å². The van der Waals surface area contributed by atoms with Crippen molar-refractivity contribution in [3.05, 3.63) is 12.2 Å². The summed E-state index contributed by atoms with van der Waals surface area (Å²) in [6.45, 7) is 3.86. The summed E-state index contributed by atoms with van der Waals surface area (Å²) in [7, 11) is 0. The maximum absolute atomic E-state index is 13.2. The minimum absolute atomic E-state index is 0.165. The first-order valence-corrected chi connectivity index (χ1v) is 38.9. The molecule has 512 valence electrons. The molecule has 9 nitrogen and oxygen atoms in total. The Hall–Kier alpha value is -1.07. The standard InChI is InChI=1S/C77H151NO8/c1-3-5-7-9-11-13-15-17-19-21-23-25-27-29-31-33-34-35-36-37-39-41-43-45-47-49-51-53-55-57-59-61-63-65-67-73(81)78-70(69-85-77-76(84)75(83)74(82)72(68-79)86-77)71(80)66-64-62-60-58-56-54-52-50-48-46-44-42-40-38-32-30-28-26-24-22-20-18-16-14-12-10-8-6-4-2/h64,66,70-72,74-77,79-80,82-84H,3-63,65,67-69H2,1-2H3,(H,78,81)/b66-64+. The summed E-state index contributed by atoms with van der Waals surface area (Å²) >= 11 is 0. The first-order chi connectivity index (χ1) is 42.3. The Bertz CT molecular complexity index is 1360. The molecule has 86 heavy (non-hydrogen) atoms. The van der Waals surface area contributed by atoms with Gasteiger partial charge in [-0.25, -0.2) is 0 Å². The molecule has 1 aliphatic heterocycles. The second kappa shape index (κ2) is 66.8. The quantitative estimate of drug-likeness (QED) is 0.0261. The first-order valence-electron chi connectivity index (χ1n) is 38.9. The molecule has 7 atom stereocenters. The molecule has 1 heterocycles. The number of ether oxygens (including phenoxy) is 2. The Morgan fingerprint density at radius 1 is 0.384 bits per heavy atom. The molecule has 7 unspecified atom stereocenters. The average molecular weight is 1220 g/mol. The molecule has 1 amide bonds. The fraction of sp³-hybridized carbons (Fsp3) is 0.961. The van der Waals surface area contributed by atoms with E-state index in [2.05, 4.69) is 19.2 Å². The predicted octanol–water partition coefficient (Wildman–Crippen LogP) is 21.8. The molecule has 6 N–H and O–H groups in total. The summed E-state index contributed by atoms with van der Waals surface area (Å²) in [5.41, 5.74) is 0. The van der Waals surface area contributed by atoms with E-state index in [0.29, 0.717) is 6.42 Å². The third kappa shape index (κ3) is 54.6. The van der Waals surface area contributed by atoms with E-state index < -0.39 is 49.5 Å². The zero-order chi connectivity index (χ0) is 62.1. The molecule has 0 aromatic rings. The zero-order valence-electron chi connectivity index (χ0n) is 57.6. The topological polar surface area (TPSA) is 149 Å². The highest BCUT2D eigenvalue weighted by molar-refractivity contribution is 5.76. The lowest BCUT2D eigenvalue weighted by Gasteiger charge is -2.40. The monoisotopic (exact) mass is 1220 g/mol. The van der Waals surface area contributed by atoms with Crippen molar-refractivity contribution in [3.8, 4) is 0 Å². The van der Waals surface area contributed by atoms with Crippen molar-refractivity contribution in [1.82, 2.24) is 5.32 Å². The normalized spacial score (nSPS) is 18.0. The number of carbonyl (C=O) groups excluding carboxylic acids is 1. The molecule has 0 saturated carbocycles. The molecule has 0 bridgehead atoms. The van der Waals surface area contributed by atoms with Gasteiger partial charge in [0.15, 0.2) is 6.29 Å². The fourth-order valence-electron chi connectivity index (χ4n) is 13.0. The van der Waals surface area contributed by atoms with Crippen LogP contribution in [-0.2, 0) is 14.3 Å². The lowest BCUT2D eigenvalue weighted by Crippen LogP contribution is -2.60. The van der Waals surface area contributed by atoms with E-state index in [1.807, 2.05) is 6.08 Å². The second-order valence-electron chi connectivity index (χ2n) is 27.5. The number of hydrogen-bond donors (Lipinski definition) is 6. The Morgan fingerprint density at radius 2 is 0.640 bits per heavy atom. The van der Waals surface area contributed by atoms with Gasteiger partial charge in [-0.1, -0.05) is 405 Å². The number of allylic oxidation sites excluding steroid dienone is 1. The van der Waals surface area contributed by atoms with E-state index in [1.54, 1.807) is 6.08 Å². The maximum Gasteiger partial charge on any atom is 0.220 e. The Morgan fingerprint density at radius 3 is 0.907 bits per heavy atom. The van der Waals surface area contributed by atoms with Gasteiger partial charge < -0.3 is 40.3 Å². The van der Waals surface area contributed by atoms with Crippen LogP contribution in [-0.4, -0.2) is 87.5 Å². The number of unbranched alkanes of at least 4 members (excludes halogenated alkanes) is 60. The second-order valence-corrected chi connectivity index (χ2v) is 27.5. The average Bonchev–Trinajstić information content (AvgIpc) is 2.44. The molecule has 1 saturated heterocycles. The van der Waals surface area contributed by atoms with Gasteiger partial charge in [0.1, 0.15) is 24.4 Å². The van der Waals surface area contributed by atoms with E-state index in [1.165, 1.54) is 360 Å². The van der Waals surface area contributed by atoms with Crippen LogP contribution in [0.4, 0.5) is 0 Å². The molecular formula is C77H151NO8. The van der Waals surface area contributed by atoms with Crippen molar-refractivity contribution >= 4 is 5.91 Å². The van der Waals surface area contributed by atoms with Gasteiger partial charge in [-0.05, 0) is 19.3 Å². The highest BCUT2D eigenvalue weighted by Gasteiger charge is 2.44. The van der Waals surface area contributed by atoms with Crippen molar-refractivity contribution in [2.75, 3.05) is 13.2 Å². The van der Waals surface area contributed by atoms with Crippen LogP contribution in [0.1, 0.15) is 418 Å². The van der Waals surface area contributed by atoms with Gasteiger partial charge in [-0.3, -0.25) is 4.79 Å². The number of carbonyl (C=O) groups is 1. The minimum Gasteiger partial charge on any atom is -0.394 e. The summed E-state index contributed by atoms with van der Waals surface area (Å²) in [5.74, 6) is -0.165. The van der Waals surface area contributed by atoms with Crippen LogP contribution < -0.4 is 5.32 Å². The number of hydrogen-bond acceptors (Lipinski definition) is 8. The summed E-state index contributed by atoms with van der Waals surface area (Å²) in [5, 5.41) is 54.9. The molecule has 0 spiro atoms. The van der Waals surface area contributed by atoms with Gasteiger partial charge in [-0.2, -0.15) is 0 Å². The van der Waals surface area contributed by atoms with Crippen molar-refractivity contribution in [2.24, 2.45) is 0 Å². The molecule has 1 fully saturated rings. The van der Waals surface area contributed by atoms with Crippen molar-refractivity contribution < 1.29 is 39.8 Å². The highest BCUT2D eigenvalue weighted by atomic mass is 16.7. The van der Waals surface area contributed by atoms with E-state index in [9.17, 15) is 30.3 Å². The van der Waals surface area contributed by atoms with Crippen molar-refractivity contribution in [1.29, 1.82) is 0 Å². The summed E-state index contributed by atoms with van der Waals surface area (Å²) < 4.78 is 11.3. The molecule has 0 aromatic carbocycles. The molecule has 1 rings (SSSR count). The van der Waals surface area contributed by atoms with Gasteiger partial charge in [0, 0.05) is 6.42 Å².